The van der Waals surface area contributed by atoms with Crippen LogP contribution in [0.4, 0.5) is 5.69 Å². The quantitative estimate of drug-likeness (QED) is 0.724. The van der Waals surface area contributed by atoms with Crippen molar-refractivity contribution in [1.82, 2.24) is 5.32 Å². The third-order valence-electron chi connectivity index (χ3n) is 3.40. The van der Waals surface area contributed by atoms with Gasteiger partial charge in [0.25, 0.3) is 11.8 Å². The van der Waals surface area contributed by atoms with Gasteiger partial charge >= 0.3 is 0 Å². The van der Waals surface area contributed by atoms with Crippen LogP contribution in [0.5, 0.6) is 0 Å². The number of amides is 2. The molecule has 0 aliphatic rings. The topological polar surface area (TPSA) is 58.2 Å². The monoisotopic (exact) mass is 364 g/mol. The molecule has 2 rings (SSSR count). The molecule has 24 heavy (non-hydrogen) atoms. The molecule has 0 spiro atoms. The Hall–Kier alpha value is -2.04. The van der Waals surface area contributed by atoms with Crippen LogP contribution in [-0.2, 0) is 0 Å². The molecule has 0 saturated heterocycles. The minimum absolute atomic E-state index is 0.123. The van der Waals surface area contributed by atoms with Crippen LogP contribution in [0.3, 0.4) is 0 Å². The number of carbonyl (C=O) groups is 2. The molecule has 2 aromatic carbocycles. The molecule has 2 amide bonds. The van der Waals surface area contributed by atoms with Gasteiger partial charge in [-0.3, -0.25) is 9.59 Å². The van der Waals surface area contributed by atoms with E-state index in [2.05, 4.69) is 17.6 Å². The van der Waals surface area contributed by atoms with Gasteiger partial charge < -0.3 is 10.6 Å². The van der Waals surface area contributed by atoms with Gasteiger partial charge in [0.05, 0.1) is 10.6 Å². The fourth-order valence-electron chi connectivity index (χ4n) is 2.06. The molecule has 4 nitrogen and oxygen atoms in total. The summed E-state index contributed by atoms with van der Waals surface area (Å²) in [6.07, 6.45) is 1.97. The molecule has 0 aliphatic heterocycles. The molecule has 6 heteroatoms. The first-order valence-corrected chi connectivity index (χ1v) is 8.41. The van der Waals surface area contributed by atoms with Crippen LogP contribution in [0.1, 0.15) is 40.5 Å². The second-order valence-electron chi connectivity index (χ2n) is 5.27. The summed E-state index contributed by atoms with van der Waals surface area (Å²) in [7, 11) is 0. The zero-order chi connectivity index (χ0) is 17.5. The molecule has 2 aromatic rings. The lowest BCUT2D eigenvalue weighted by Gasteiger charge is -2.08. The Balaban J connectivity index is 2.00. The van der Waals surface area contributed by atoms with E-state index in [0.29, 0.717) is 28.4 Å². The summed E-state index contributed by atoms with van der Waals surface area (Å²) in [5.41, 5.74) is 1.47. The molecule has 0 radical (unpaired) electrons. The van der Waals surface area contributed by atoms with Gasteiger partial charge in [0.15, 0.2) is 0 Å². The van der Waals surface area contributed by atoms with Crippen molar-refractivity contribution in [2.24, 2.45) is 0 Å². The highest BCUT2D eigenvalue weighted by Gasteiger charge is 2.11. The lowest BCUT2D eigenvalue weighted by atomic mass is 10.1. The van der Waals surface area contributed by atoms with Gasteiger partial charge in [0.1, 0.15) is 0 Å². The minimum Gasteiger partial charge on any atom is -0.352 e. The number of carbonyl (C=O) groups excluding carboxylic acids is 2. The van der Waals surface area contributed by atoms with E-state index in [9.17, 15) is 9.59 Å². The molecule has 0 aliphatic carbocycles. The first kappa shape index (κ1) is 18.3. The number of hydrogen-bond donors (Lipinski definition) is 2. The lowest BCUT2D eigenvalue weighted by Crippen LogP contribution is -2.24. The molecule has 0 bridgehead atoms. The van der Waals surface area contributed by atoms with Crippen molar-refractivity contribution in [2.45, 2.75) is 19.8 Å². The van der Waals surface area contributed by atoms with Gasteiger partial charge in [-0.05, 0) is 48.9 Å². The van der Waals surface area contributed by atoms with E-state index >= 15 is 0 Å². The highest BCUT2D eigenvalue weighted by atomic mass is 35.5. The third kappa shape index (κ3) is 4.98. The van der Waals surface area contributed by atoms with Gasteiger partial charge in [0, 0.05) is 22.8 Å². The normalized spacial score (nSPS) is 10.3. The van der Waals surface area contributed by atoms with Crippen LogP contribution in [0.15, 0.2) is 42.5 Å². The average molecular weight is 365 g/mol. The number of hydrogen-bond acceptors (Lipinski definition) is 2. The molecular weight excluding hydrogens is 347 g/mol. The molecule has 0 heterocycles. The van der Waals surface area contributed by atoms with Gasteiger partial charge in [-0.15, -0.1) is 0 Å². The molecule has 0 saturated carbocycles. The maximum Gasteiger partial charge on any atom is 0.257 e. The summed E-state index contributed by atoms with van der Waals surface area (Å²) in [6.45, 7) is 2.72. The van der Waals surface area contributed by atoms with Crippen molar-refractivity contribution in [3.63, 3.8) is 0 Å². The summed E-state index contributed by atoms with van der Waals surface area (Å²) in [5.74, 6) is -0.459. The number of halogens is 2. The van der Waals surface area contributed by atoms with Crippen molar-refractivity contribution in [3.8, 4) is 0 Å². The Bertz CT molecular complexity index is 730. The Labute approximate surface area is 151 Å². The summed E-state index contributed by atoms with van der Waals surface area (Å²) in [6, 6.07) is 11.4. The lowest BCUT2D eigenvalue weighted by molar-refractivity contribution is 0.0952. The maximum absolute atomic E-state index is 12.2. The van der Waals surface area contributed by atoms with Crippen LogP contribution >= 0.6 is 23.2 Å². The van der Waals surface area contributed by atoms with E-state index in [0.717, 1.165) is 12.8 Å². The van der Waals surface area contributed by atoms with Crippen LogP contribution in [0.25, 0.3) is 0 Å². The van der Waals surface area contributed by atoms with E-state index in [4.69, 9.17) is 23.2 Å². The number of benzene rings is 2. The van der Waals surface area contributed by atoms with Crippen molar-refractivity contribution < 1.29 is 9.59 Å². The van der Waals surface area contributed by atoms with Crippen LogP contribution in [0.2, 0.25) is 10.0 Å². The number of rotatable bonds is 6. The van der Waals surface area contributed by atoms with Crippen LogP contribution < -0.4 is 10.6 Å². The fourth-order valence-corrected chi connectivity index (χ4v) is 2.55. The van der Waals surface area contributed by atoms with E-state index in [1.54, 1.807) is 36.4 Å². The second kappa shape index (κ2) is 8.71. The Morgan fingerprint density at radius 3 is 2.33 bits per heavy atom. The summed E-state index contributed by atoms with van der Waals surface area (Å²) in [4.78, 5) is 24.1. The highest BCUT2D eigenvalue weighted by Crippen LogP contribution is 2.22. The van der Waals surface area contributed by atoms with Crippen molar-refractivity contribution in [2.75, 3.05) is 11.9 Å². The van der Waals surface area contributed by atoms with Crippen LogP contribution in [-0.4, -0.2) is 18.4 Å². The molecule has 126 valence electrons. The zero-order valence-electron chi connectivity index (χ0n) is 13.2. The zero-order valence-corrected chi connectivity index (χ0v) is 14.7. The van der Waals surface area contributed by atoms with E-state index < -0.39 is 0 Å². The van der Waals surface area contributed by atoms with Gasteiger partial charge in [-0.2, -0.15) is 0 Å². The van der Waals surface area contributed by atoms with Gasteiger partial charge in [-0.1, -0.05) is 36.5 Å². The second-order valence-corrected chi connectivity index (χ2v) is 6.11. The minimum atomic E-state index is -0.336. The SMILES string of the molecule is CCCCNC(=O)c1ccc(NC(=O)c2ccc(Cl)cc2Cl)cc1. The third-order valence-corrected chi connectivity index (χ3v) is 3.94. The molecule has 2 N–H and O–H groups in total. The molecular formula is C18H18Cl2N2O2. The van der Waals surface area contributed by atoms with Crippen molar-refractivity contribution >= 4 is 40.7 Å². The van der Waals surface area contributed by atoms with Crippen LogP contribution in [0, 0.1) is 0 Å². The Morgan fingerprint density at radius 2 is 1.71 bits per heavy atom. The number of unbranched alkanes of at least 4 members (excludes halogenated alkanes) is 1. The molecule has 0 aromatic heterocycles. The first-order chi connectivity index (χ1) is 11.5. The summed E-state index contributed by atoms with van der Waals surface area (Å²) < 4.78 is 0. The number of nitrogens with one attached hydrogen (secondary N) is 2. The summed E-state index contributed by atoms with van der Waals surface area (Å²) >= 11 is 11.8. The van der Waals surface area contributed by atoms with Crippen molar-refractivity contribution in [3.05, 3.63) is 63.6 Å². The molecule has 0 unspecified atom stereocenters. The predicted molar refractivity (Wildman–Crippen MR) is 98.1 cm³/mol. The van der Waals surface area contributed by atoms with Gasteiger partial charge in [0.2, 0.25) is 0 Å². The maximum atomic E-state index is 12.2. The van der Waals surface area contributed by atoms with Crippen molar-refractivity contribution in [1.29, 1.82) is 0 Å². The number of anilines is 1. The highest BCUT2D eigenvalue weighted by molar-refractivity contribution is 6.37. The van der Waals surface area contributed by atoms with E-state index in [1.807, 2.05) is 0 Å². The average Bonchev–Trinajstić information content (AvgIpc) is 2.55. The Kier molecular flexibility index (Phi) is 6.64. The van der Waals surface area contributed by atoms with Gasteiger partial charge in [-0.25, -0.2) is 0 Å². The smallest absolute Gasteiger partial charge is 0.257 e. The first-order valence-electron chi connectivity index (χ1n) is 7.66. The molecule has 0 fully saturated rings. The predicted octanol–water partition coefficient (Wildman–Crippen LogP) is 4.78. The molecule has 0 atom stereocenters. The standard InChI is InChI=1S/C18H18Cl2N2O2/c1-2-3-10-21-17(23)12-4-7-14(8-5-12)22-18(24)15-9-6-13(19)11-16(15)20/h4-9,11H,2-3,10H2,1H3,(H,21,23)(H,22,24). The van der Waals surface area contributed by atoms with E-state index in [-0.39, 0.29) is 16.8 Å². The largest absolute Gasteiger partial charge is 0.352 e. The summed E-state index contributed by atoms with van der Waals surface area (Å²) in [5, 5.41) is 6.33. The fraction of sp³-hybridized carbons (Fsp3) is 0.222. The Morgan fingerprint density at radius 1 is 1.00 bits per heavy atom. The van der Waals surface area contributed by atoms with E-state index in [1.165, 1.54) is 6.07 Å².